The zero-order chi connectivity index (χ0) is 26.4. The Kier molecular flexibility index (Phi) is 6.46. The molecule has 0 saturated carbocycles. The van der Waals surface area contributed by atoms with Crippen LogP contribution >= 0.6 is 0 Å². The molecule has 3 aromatic rings. The Morgan fingerprint density at radius 3 is 2.70 bits per heavy atom. The summed E-state index contributed by atoms with van der Waals surface area (Å²) in [6.45, 7) is 4.35. The first-order valence-corrected chi connectivity index (χ1v) is 13.2. The number of amides is 1. The third-order valence-electron chi connectivity index (χ3n) is 6.63. The van der Waals surface area contributed by atoms with Crippen molar-refractivity contribution in [2.45, 2.75) is 49.8 Å². The lowest BCUT2D eigenvalue weighted by Gasteiger charge is -2.30. The Labute approximate surface area is 212 Å². The smallest absolute Gasteiger partial charge is 0.260 e. The minimum atomic E-state index is -4.29. The third-order valence-corrected chi connectivity index (χ3v) is 8.63. The third kappa shape index (κ3) is 4.69. The van der Waals surface area contributed by atoms with Crippen LogP contribution in [0, 0.1) is 11.6 Å². The molecule has 1 unspecified atom stereocenters. The van der Waals surface area contributed by atoms with Crippen LogP contribution in [0.1, 0.15) is 48.3 Å². The maximum Gasteiger partial charge on any atom is 0.260 e. The normalized spacial score (nSPS) is 19.1. The van der Waals surface area contributed by atoms with Gasteiger partial charge >= 0.3 is 0 Å². The molecule has 0 radical (unpaired) electrons. The molecule has 1 amide bonds. The fourth-order valence-electron chi connectivity index (χ4n) is 4.70. The number of halogens is 2. The first-order chi connectivity index (χ1) is 17.6. The number of nitrogens with one attached hydrogen (secondary N) is 3. The Morgan fingerprint density at radius 1 is 1.24 bits per heavy atom. The van der Waals surface area contributed by atoms with Crippen molar-refractivity contribution >= 4 is 27.6 Å². The molecule has 0 spiro atoms. The number of fused-ring (bicyclic) bond motifs is 1. The minimum absolute atomic E-state index is 0.0502. The average molecular weight is 533 g/mol. The Balaban J connectivity index is 1.38. The Bertz CT molecular complexity index is 1430. The van der Waals surface area contributed by atoms with Gasteiger partial charge in [-0.2, -0.15) is 9.40 Å². The van der Waals surface area contributed by atoms with Crippen molar-refractivity contribution in [2.75, 3.05) is 23.8 Å². The number of aromatic nitrogens is 3. The highest BCUT2D eigenvalue weighted by Crippen LogP contribution is 2.44. The fraction of sp³-hybridized carbons (Fsp3) is 0.375. The van der Waals surface area contributed by atoms with Crippen LogP contribution in [0.15, 0.2) is 41.4 Å². The van der Waals surface area contributed by atoms with E-state index in [4.69, 9.17) is 4.74 Å². The fourth-order valence-corrected chi connectivity index (χ4v) is 6.47. The molecule has 1 aromatic carbocycles. The summed E-state index contributed by atoms with van der Waals surface area (Å²) in [5.41, 5.74) is 0.0758. The van der Waals surface area contributed by atoms with Crippen LogP contribution in [0.4, 0.5) is 20.4 Å². The average Bonchev–Trinajstić information content (AvgIpc) is 3.56. The summed E-state index contributed by atoms with van der Waals surface area (Å²) < 4.78 is 61.0. The van der Waals surface area contributed by atoms with Crippen LogP contribution in [0.2, 0.25) is 0 Å². The van der Waals surface area contributed by atoms with Crippen LogP contribution in [-0.2, 0) is 26.8 Å². The summed E-state index contributed by atoms with van der Waals surface area (Å²) in [7, 11) is -4.29. The number of H-pyrrole nitrogens is 1. The molecule has 1 atom stereocenters. The number of anilines is 2. The summed E-state index contributed by atoms with van der Waals surface area (Å²) >= 11 is 0. The number of pyridine rings is 1. The number of carbonyl (C=O) groups excluding carboxylic acids is 1. The second-order valence-electron chi connectivity index (χ2n) is 9.47. The maximum absolute atomic E-state index is 13.8. The van der Waals surface area contributed by atoms with Gasteiger partial charge in [0.1, 0.15) is 17.5 Å². The molecule has 2 aliphatic heterocycles. The van der Waals surface area contributed by atoms with Crippen molar-refractivity contribution in [3.05, 3.63) is 65.0 Å². The van der Waals surface area contributed by atoms with Crippen molar-refractivity contribution < 1.29 is 26.7 Å². The lowest BCUT2D eigenvalue weighted by molar-refractivity contribution is 0.102. The summed E-state index contributed by atoms with van der Waals surface area (Å²) in [5, 5.41) is 12.9. The van der Waals surface area contributed by atoms with Gasteiger partial charge in [0.25, 0.3) is 5.91 Å². The van der Waals surface area contributed by atoms with E-state index in [1.165, 1.54) is 0 Å². The van der Waals surface area contributed by atoms with Gasteiger partial charge in [0.15, 0.2) is 5.82 Å². The second-order valence-corrected chi connectivity index (χ2v) is 11.3. The first-order valence-electron chi connectivity index (χ1n) is 11.8. The molecule has 0 bridgehead atoms. The van der Waals surface area contributed by atoms with E-state index < -0.39 is 38.0 Å². The van der Waals surface area contributed by atoms with E-state index in [1.807, 2.05) is 0 Å². The van der Waals surface area contributed by atoms with E-state index in [-0.39, 0.29) is 24.0 Å². The highest BCUT2D eigenvalue weighted by Gasteiger charge is 2.48. The topological polar surface area (TPSA) is 129 Å². The number of benzene rings is 1. The lowest BCUT2D eigenvalue weighted by Crippen LogP contribution is -2.40. The van der Waals surface area contributed by atoms with E-state index in [0.29, 0.717) is 36.3 Å². The number of rotatable bonds is 7. The predicted octanol–water partition coefficient (Wildman–Crippen LogP) is 3.37. The number of carbonyl (C=O) groups is 1. The van der Waals surface area contributed by atoms with E-state index in [1.54, 1.807) is 32.2 Å². The van der Waals surface area contributed by atoms with Crippen LogP contribution in [0.25, 0.3) is 0 Å². The lowest BCUT2D eigenvalue weighted by atomic mass is 10.0. The Morgan fingerprint density at radius 2 is 2.00 bits per heavy atom. The van der Waals surface area contributed by atoms with Crippen LogP contribution < -0.4 is 10.6 Å². The SMILES string of the molecule is CC1(C)c2[nH]nc(NC(=O)c3cccnc3NCC3CCCO3)c2CN1S(=O)(=O)c1cc(F)cc(F)c1. The molecule has 0 aliphatic carbocycles. The van der Waals surface area contributed by atoms with Gasteiger partial charge in [-0.25, -0.2) is 22.2 Å². The van der Waals surface area contributed by atoms with Crippen LogP contribution in [0.5, 0.6) is 0 Å². The molecule has 5 rings (SSSR count). The number of hydrogen-bond acceptors (Lipinski definition) is 7. The number of nitrogens with zero attached hydrogens (tertiary/aromatic N) is 3. The Hall–Kier alpha value is -3.42. The molecule has 10 nitrogen and oxygen atoms in total. The van der Waals surface area contributed by atoms with E-state index >= 15 is 0 Å². The van der Waals surface area contributed by atoms with Crippen LogP contribution in [0.3, 0.4) is 0 Å². The van der Waals surface area contributed by atoms with Gasteiger partial charge in [-0.1, -0.05) is 0 Å². The van der Waals surface area contributed by atoms with Crippen molar-refractivity contribution in [3.63, 3.8) is 0 Å². The minimum Gasteiger partial charge on any atom is -0.376 e. The number of aromatic amines is 1. The molecule has 37 heavy (non-hydrogen) atoms. The monoisotopic (exact) mass is 532 g/mol. The van der Waals surface area contributed by atoms with Gasteiger partial charge in [0, 0.05) is 37.5 Å². The zero-order valence-corrected chi connectivity index (χ0v) is 21.0. The summed E-state index contributed by atoms with van der Waals surface area (Å²) in [4.78, 5) is 16.9. The van der Waals surface area contributed by atoms with Gasteiger partial charge in [-0.15, -0.1) is 0 Å². The van der Waals surface area contributed by atoms with Gasteiger partial charge in [0.2, 0.25) is 10.0 Å². The maximum atomic E-state index is 13.8. The van der Waals surface area contributed by atoms with Crippen molar-refractivity contribution in [2.24, 2.45) is 0 Å². The second kappa shape index (κ2) is 9.47. The molecular formula is C24H26F2N6O4S. The summed E-state index contributed by atoms with van der Waals surface area (Å²) in [6.07, 6.45) is 3.54. The van der Waals surface area contributed by atoms with Crippen molar-refractivity contribution in [1.29, 1.82) is 0 Å². The van der Waals surface area contributed by atoms with Crippen molar-refractivity contribution in [3.8, 4) is 0 Å². The first kappa shape index (κ1) is 25.2. The van der Waals surface area contributed by atoms with E-state index in [0.717, 1.165) is 29.3 Å². The van der Waals surface area contributed by atoms with E-state index in [2.05, 4.69) is 25.8 Å². The highest BCUT2D eigenvalue weighted by molar-refractivity contribution is 7.89. The van der Waals surface area contributed by atoms with Gasteiger partial charge in [-0.3, -0.25) is 9.89 Å². The van der Waals surface area contributed by atoms with Crippen molar-refractivity contribution in [1.82, 2.24) is 19.5 Å². The predicted molar refractivity (Wildman–Crippen MR) is 130 cm³/mol. The zero-order valence-electron chi connectivity index (χ0n) is 20.2. The van der Waals surface area contributed by atoms with Gasteiger partial charge in [0.05, 0.1) is 27.8 Å². The number of hydrogen-bond donors (Lipinski definition) is 3. The quantitative estimate of drug-likeness (QED) is 0.426. The van der Waals surface area contributed by atoms with Gasteiger partial charge in [-0.05, 0) is 51.0 Å². The van der Waals surface area contributed by atoms with E-state index in [9.17, 15) is 22.0 Å². The number of sulfonamides is 1. The molecule has 196 valence electrons. The molecule has 1 saturated heterocycles. The van der Waals surface area contributed by atoms with Gasteiger partial charge < -0.3 is 15.4 Å². The molecule has 13 heteroatoms. The molecule has 2 aromatic heterocycles. The molecular weight excluding hydrogens is 506 g/mol. The largest absolute Gasteiger partial charge is 0.376 e. The molecule has 1 fully saturated rings. The molecule has 3 N–H and O–H groups in total. The highest BCUT2D eigenvalue weighted by atomic mass is 32.2. The summed E-state index contributed by atoms with van der Waals surface area (Å²) in [5.74, 6) is -1.93. The standard InChI is InChI=1S/C24H26F2N6O4S/c1-24(2)20-19(13-32(24)37(34,35)17-10-14(25)9-15(26)11-17)22(31-30-20)29-23(33)18-6-3-7-27-21(18)28-12-16-5-4-8-36-16/h3,6-7,9-11,16H,4-5,8,12-13H2,1-2H3,(H,27,28)(H2,29,30,31,33). The summed E-state index contributed by atoms with van der Waals surface area (Å²) in [6, 6.07) is 5.41. The molecule has 2 aliphatic rings. The van der Waals surface area contributed by atoms with Crippen LogP contribution in [-0.4, -0.2) is 53.1 Å². The molecule has 4 heterocycles. The number of ether oxygens (including phenoxy) is 1.